The van der Waals surface area contributed by atoms with E-state index in [1.54, 1.807) is 6.07 Å². The Morgan fingerprint density at radius 2 is 1.18 bits per heavy atom. The number of anilines is 1. The molecule has 2 saturated carbocycles. The van der Waals surface area contributed by atoms with Crippen molar-refractivity contribution in [3.05, 3.63) is 63.4 Å². The van der Waals surface area contributed by atoms with Gasteiger partial charge in [-0.25, -0.2) is 4.39 Å². The molecule has 4 aliphatic rings. The van der Waals surface area contributed by atoms with Crippen LogP contribution in [0.1, 0.15) is 46.4 Å². The summed E-state index contributed by atoms with van der Waals surface area (Å²) in [6.45, 7) is 8.40. The molecule has 8 nitrogen and oxygen atoms in total. The second kappa shape index (κ2) is 14.8. The van der Waals surface area contributed by atoms with Crippen LogP contribution in [0.4, 0.5) is 10.1 Å². The number of hydrogen-bond donors (Lipinski definition) is 5. The van der Waals surface area contributed by atoms with Gasteiger partial charge in [0.15, 0.2) is 0 Å². The lowest BCUT2D eigenvalue weighted by Crippen LogP contribution is -2.43. The quantitative estimate of drug-likeness (QED) is 0.374. The molecule has 2 aliphatic heterocycles. The molecule has 0 spiro atoms. The summed E-state index contributed by atoms with van der Waals surface area (Å²) in [6.07, 6.45) is 4.25. The van der Waals surface area contributed by atoms with Crippen molar-refractivity contribution in [3.8, 4) is 0 Å². The molecule has 39 heavy (non-hydrogen) atoms. The van der Waals surface area contributed by atoms with Crippen molar-refractivity contribution in [2.24, 2.45) is 0 Å². The van der Waals surface area contributed by atoms with Crippen molar-refractivity contribution in [3.63, 3.8) is 0 Å². The fraction of sp³-hybridized carbons (Fsp3) is 0.500. The molecule has 5 N–H and O–H groups in total. The van der Waals surface area contributed by atoms with Crippen molar-refractivity contribution >= 4 is 40.7 Å². The summed E-state index contributed by atoms with van der Waals surface area (Å²) < 4.78 is 12.8. The van der Waals surface area contributed by atoms with Gasteiger partial charge in [0.1, 0.15) is 5.82 Å². The first-order valence-corrected chi connectivity index (χ1v) is 14.4. The van der Waals surface area contributed by atoms with Crippen LogP contribution in [0.5, 0.6) is 0 Å². The van der Waals surface area contributed by atoms with Gasteiger partial charge in [-0.1, -0.05) is 23.2 Å². The zero-order valence-corrected chi connectivity index (χ0v) is 23.5. The predicted molar refractivity (Wildman–Crippen MR) is 155 cm³/mol. The zero-order valence-electron chi connectivity index (χ0n) is 22.0. The number of carbonyl (C=O) groups is 2. The molecule has 2 saturated heterocycles. The molecule has 0 bridgehead atoms. The highest BCUT2D eigenvalue weighted by atomic mass is 35.5. The molecule has 0 aromatic heterocycles. The molecular weight excluding hydrogens is 542 g/mol. The summed E-state index contributed by atoms with van der Waals surface area (Å²) in [6, 6.07) is 10.2. The standard InChI is InChI=1S/C14H18ClN3O.C10H9ClFNO.C4H10N2/c15-12-9-10(14(19)17-11-2-3-11)1-4-13(12)18-7-5-16-6-8-18;11-8-5-6(1-4-9(8)12)10(14)13-7-2-3-7;1-2-6-4-3-5-1/h1,4,9,11,16H,2-3,5-8H2,(H,17,19);1,4-5,7H,2-3H2,(H,13,14);5-6H,1-4H2. The van der Waals surface area contributed by atoms with Gasteiger partial charge in [-0.15, -0.1) is 0 Å². The van der Waals surface area contributed by atoms with Crippen molar-refractivity contribution in [2.75, 3.05) is 57.3 Å². The molecule has 0 radical (unpaired) electrons. The molecule has 212 valence electrons. The zero-order chi connectivity index (χ0) is 27.6. The van der Waals surface area contributed by atoms with Crippen LogP contribution < -0.4 is 31.5 Å². The molecule has 2 aromatic rings. The Balaban J connectivity index is 0.000000154. The van der Waals surface area contributed by atoms with E-state index in [1.165, 1.54) is 18.2 Å². The molecule has 0 unspecified atom stereocenters. The lowest BCUT2D eigenvalue weighted by Gasteiger charge is -2.30. The molecule has 4 fully saturated rings. The van der Waals surface area contributed by atoms with Gasteiger partial charge in [-0.3, -0.25) is 9.59 Å². The third kappa shape index (κ3) is 9.92. The number of benzene rings is 2. The van der Waals surface area contributed by atoms with Crippen LogP contribution in [-0.2, 0) is 0 Å². The van der Waals surface area contributed by atoms with E-state index in [9.17, 15) is 14.0 Å². The monoisotopic (exact) mass is 578 g/mol. The van der Waals surface area contributed by atoms with Crippen molar-refractivity contribution in [1.82, 2.24) is 26.6 Å². The Hall–Kier alpha value is -2.43. The molecule has 2 aromatic carbocycles. The van der Waals surface area contributed by atoms with E-state index in [-0.39, 0.29) is 16.8 Å². The maximum Gasteiger partial charge on any atom is 0.251 e. The average molecular weight is 580 g/mol. The number of hydrogen-bond acceptors (Lipinski definition) is 6. The van der Waals surface area contributed by atoms with Crippen LogP contribution in [0, 0.1) is 5.82 Å². The highest BCUT2D eigenvalue weighted by Crippen LogP contribution is 2.28. The van der Waals surface area contributed by atoms with Crippen LogP contribution in [0.25, 0.3) is 0 Å². The van der Waals surface area contributed by atoms with Crippen LogP contribution in [-0.4, -0.2) is 76.3 Å². The van der Waals surface area contributed by atoms with E-state index in [2.05, 4.69) is 31.5 Å². The summed E-state index contributed by atoms with van der Waals surface area (Å²) in [7, 11) is 0. The Labute approximate surface area is 239 Å². The van der Waals surface area contributed by atoms with Gasteiger partial charge in [0.25, 0.3) is 11.8 Å². The third-order valence-corrected chi connectivity index (χ3v) is 7.22. The van der Waals surface area contributed by atoms with Crippen LogP contribution in [0.15, 0.2) is 36.4 Å². The van der Waals surface area contributed by atoms with E-state index in [1.807, 2.05) is 12.1 Å². The topological polar surface area (TPSA) is 97.5 Å². The normalized spacial score (nSPS) is 18.6. The Morgan fingerprint density at radius 1 is 0.718 bits per heavy atom. The van der Waals surface area contributed by atoms with Gasteiger partial charge >= 0.3 is 0 Å². The SMILES string of the molecule is C1CNCCN1.O=C(NC1CC1)c1ccc(F)c(Cl)c1.O=C(NC1CC1)c1ccc(N2CCNCC2)c(Cl)c1. The number of halogens is 3. The first-order chi connectivity index (χ1) is 18.9. The smallest absolute Gasteiger partial charge is 0.251 e. The van der Waals surface area contributed by atoms with Gasteiger partial charge in [0.2, 0.25) is 0 Å². The van der Waals surface area contributed by atoms with Gasteiger partial charge in [0, 0.05) is 75.6 Å². The van der Waals surface area contributed by atoms with Crippen LogP contribution in [0.3, 0.4) is 0 Å². The van der Waals surface area contributed by atoms with Crippen molar-refractivity contribution in [2.45, 2.75) is 37.8 Å². The third-order valence-electron chi connectivity index (χ3n) is 6.63. The van der Waals surface area contributed by atoms with E-state index in [0.717, 1.165) is 83.7 Å². The summed E-state index contributed by atoms with van der Waals surface area (Å²) in [4.78, 5) is 25.7. The van der Waals surface area contributed by atoms with Gasteiger partial charge in [-0.05, 0) is 62.1 Å². The van der Waals surface area contributed by atoms with Gasteiger partial charge < -0.3 is 31.5 Å². The molecule has 2 heterocycles. The maximum atomic E-state index is 12.8. The van der Waals surface area contributed by atoms with E-state index < -0.39 is 5.82 Å². The Bertz CT molecular complexity index is 1110. The Morgan fingerprint density at radius 3 is 1.62 bits per heavy atom. The first-order valence-electron chi connectivity index (χ1n) is 13.6. The van der Waals surface area contributed by atoms with E-state index >= 15 is 0 Å². The van der Waals surface area contributed by atoms with Gasteiger partial charge in [0.05, 0.1) is 15.7 Å². The second-order valence-corrected chi connectivity index (χ2v) is 10.8. The summed E-state index contributed by atoms with van der Waals surface area (Å²) in [5, 5.41) is 16.2. The largest absolute Gasteiger partial charge is 0.368 e. The van der Waals surface area contributed by atoms with Crippen molar-refractivity contribution in [1.29, 1.82) is 0 Å². The highest BCUT2D eigenvalue weighted by molar-refractivity contribution is 6.33. The van der Waals surface area contributed by atoms with E-state index in [0.29, 0.717) is 28.2 Å². The fourth-order valence-corrected chi connectivity index (χ4v) is 4.52. The molecule has 2 aliphatic carbocycles. The molecule has 6 rings (SSSR count). The number of carbonyl (C=O) groups excluding carboxylic acids is 2. The van der Waals surface area contributed by atoms with Crippen molar-refractivity contribution < 1.29 is 14.0 Å². The number of nitrogens with zero attached hydrogens (tertiary/aromatic N) is 1. The van der Waals surface area contributed by atoms with E-state index in [4.69, 9.17) is 23.2 Å². The highest BCUT2D eigenvalue weighted by Gasteiger charge is 2.25. The summed E-state index contributed by atoms with van der Waals surface area (Å²) in [5.41, 5.74) is 2.07. The second-order valence-electron chi connectivity index (χ2n) is 10.0. The molecule has 0 atom stereocenters. The number of piperazine rings is 2. The first kappa shape index (κ1) is 29.6. The minimum Gasteiger partial charge on any atom is -0.368 e. The minimum absolute atomic E-state index is 0.0174. The minimum atomic E-state index is -0.505. The van der Waals surface area contributed by atoms with Crippen LogP contribution >= 0.6 is 23.2 Å². The lowest BCUT2D eigenvalue weighted by atomic mass is 10.1. The van der Waals surface area contributed by atoms with Crippen LogP contribution in [0.2, 0.25) is 10.0 Å². The summed E-state index contributed by atoms with van der Waals surface area (Å²) >= 11 is 11.9. The average Bonchev–Trinajstić information content (AvgIpc) is 3.90. The molecule has 11 heteroatoms. The number of nitrogens with one attached hydrogen (secondary N) is 5. The van der Waals surface area contributed by atoms with Gasteiger partial charge in [-0.2, -0.15) is 0 Å². The maximum absolute atomic E-state index is 12.8. The summed E-state index contributed by atoms with van der Waals surface area (Å²) in [5.74, 6) is -0.708. The fourth-order valence-electron chi connectivity index (χ4n) is 4.04. The Kier molecular flexibility index (Phi) is 11.2. The number of amides is 2. The predicted octanol–water partition coefficient (Wildman–Crippen LogP) is 3.19. The lowest BCUT2D eigenvalue weighted by molar-refractivity contribution is 0.0942. The molecule has 2 amide bonds. The molecular formula is C28H37Cl2FN6O2. The number of rotatable bonds is 5.